The summed E-state index contributed by atoms with van der Waals surface area (Å²) in [5.74, 6) is 0. The molecule has 1 aromatic heterocycles. The quantitative estimate of drug-likeness (QED) is 0.777. The fourth-order valence-corrected chi connectivity index (χ4v) is 2.01. The van der Waals surface area contributed by atoms with Crippen molar-refractivity contribution >= 4 is 16.5 Å². The molecule has 4 nitrogen and oxygen atoms in total. The van der Waals surface area contributed by atoms with Crippen molar-refractivity contribution in [2.75, 3.05) is 25.5 Å². The van der Waals surface area contributed by atoms with Gasteiger partial charge in [0.15, 0.2) is 0 Å². The molecule has 0 atom stereocenters. The van der Waals surface area contributed by atoms with Crippen LogP contribution in [0.5, 0.6) is 0 Å². The molecule has 0 unspecified atom stereocenters. The smallest absolute Gasteiger partial charge is 0.134 e. The van der Waals surface area contributed by atoms with Crippen LogP contribution in [0, 0.1) is 0 Å². The van der Waals surface area contributed by atoms with Gasteiger partial charge in [0.05, 0.1) is 0 Å². The van der Waals surface area contributed by atoms with Gasteiger partial charge in [-0.15, -0.1) is 5.10 Å². The van der Waals surface area contributed by atoms with Crippen molar-refractivity contribution in [3.8, 4) is 0 Å². The van der Waals surface area contributed by atoms with E-state index in [-0.39, 0.29) is 0 Å². The fraction of sp³-hybridized carbons (Fsp3) is 0.800. The van der Waals surface area contributed by atoms with E-state index < -0.39 is 0 Å². The maximum atomic E-state index is 4.15. The van der Waals surface area contributed by atoms with E-state index in [0.717, 1.165) is 30.3 Å². The Labute approximate surface area is 95.8 Å². The maximum absolute atomic E-state index is 4.15. The molecule has 0 saturated heterocycles. The lowest BCUT2D eigenvalue weighted by Crippen LogP contribution is -2.19. The fourth-order valence-electron chi connectivity index (χ4n) is 1.37. The molecule has 0 aliphatic carbocycles. The third-order valence-electron chi connectivity index (χ3n) is 2.21. The Morgan fingerprint density at radius 3 is 2.87 bits per heavy atom. The topological polar surface area (TPSA) is 41.1 Å². The zero-order chi connectivity index (χ0) is 11.1. The summed E-state index contributed by atoms with van der Waals surface area (Å²) in [4.78, 5) is 2.29. The maximum Gasteiger partial charge on any atom is 0.134 e. The van der Waals surface area contributed by atoms with Gasteiger partial charge >= 0.3 is 0 Å². The van der Waals surface area contributed by atoms with E-state index in [1.807, 2.05) is 0 Å². The van der Waals surface area contributed by atoms with Crippen molar-refractivity contribution in [3.05, 3.63) is 5.69 Å². The lowest BCUT2D eigenvalue weighted by atomic mass is 10.3. The van der Waals surface area contributed by atoms with Gasteiger partial charge in [-0.05, 0) is 26.9 Å². The Kier molecular flexibility index (Phi) is 5.57. The molecular weight excluding hydrogens is 208 g/mol. The van der Waals surface area contributed by atoms with Crippen molar-refractivity contribution in [2.45, 2.75) is 33.2 Å². The number of anilines is 1. The van der Waals surface area contributed by atoms with Gasteiger partial charge in [-0.3, -0.25) is 0 Å². The molecule has 0 spiro atoms. The normalized spacial score (nSPS) is 10.9. The van der Waals surface area contributed by atoms with Gasteiger partial charge in [-0.2, -0.15) is 0 Å². The van der Waals surface area contributed by atoms with Crippen molar-refractivity contribution in [2.24, 2.45) is 0 Å². The third kappa shape index (κ3) is 4.13. The van der Waals surface area contributed by atoms with Gasteiger partial charge < -0.3 is 10.2 Å². The molecule has 1 N–H and O–H groups in total. The average molecular weight is 228 g/mol. The van der Waals surface area contributed by atoms with Gasteiger partial charge in [-0.1, -0.05) is 17.8 Å². The van der Waals surface area contributed by atoms with Crippen LogP contribution in [0.1, 0.15) is 32.4 Å². The van der Waals surface area contributed by atoms with Crippen molar-refractivity contribution in [3.63, 3.8) is 0 Å². The monoisotopic (exact) mass is 228 g/mol. The summed E-state index contributed by atoms with van der Waals surface area (Å²) in [6.07, 6.45) is 2.48. The van der Waals surface area contributed by atoms with Gasteiger partial charge in [-0.25, -0.2) is 0 Å². The number of rotatable bonds is 7. The largest absolute Gasteiger partial charge is 0.374 e. The Morgan fingerprint density at radius 2 is 2.20 bits per heavy atom. The first-order chi connectivity index (χ1) is 7.27. The minimum absolute atomic E-state index is 0.888. The number of nitrogens with one attached hydrogen (secondary N) is 1. The predicted molar refractivity (Wildman–Crippen MR) is 65.3 cm³/mol. The second-order valence-corrected chi connectivity index (χ2v) is 4.42. The number of nitrogens with zero attached hydrogens (tertiary/aromatic N) is 3. The highest BCUT2D eigenvalue weighted by Crippen LogP contribution is 2.18. The first-order valence-electron chi connectivity index (χ1n) is 5.51. The molecule has 1 heterocycles. The van der Waals surface area contributed by atoms with Gasteiger partial charge in [0.2, 0.25) is 0 Å². The van der Waals surface area contributed by atoms with E-state index >= 15 is 0 Å². The molecule has 86 valence electrons. The van der Waals surface area contributed by atoms with E-state index in [2.05, 4.69) is 40.7 Å². The highest BCUT2D eigenvalue weighted by molar-refractivity contribution is 7.10. The molecule has 0 fully saturated rings. The predicted octanol–water partition coefficient (Wildman–Crippen LogP) is 2.20. The minimum Gasteiger partial charge on any atom is -0.374 e. The van der Waals surface area contributed by atoms with Crippen molar-refractivity contribution in [1.29, 1.82) is 0 Å². The zero-order valence-corrected chi connectivity index (χ0v) is 10.6. The van der Waals surface area contributed by atoms with Crippen LogP contribution in [-0.4, -0.2) is 34.6 Å². The van der Waals surface area contributed by atoms with E-state index in [1.54, 1.807) is 0 Å². The molecule has 1 aromatic rings. The summed E-state index contributed by atoms with van der Waals surface area (Å²) in [6, 6.07) is 0. The summed E-state index contributed by atoms with van der Waals surface area (Å²) in [6.45, 7) is 7.24. The summed E-state index contributed by atoms with van der Waals surface area (Å²) >= 11 is 1.44. The molecule has 0 saturated carbocycles. The van der Waals surface area contributed by atoms with Crippen molar-refractivity contribution in [1.82, 2.24) is 14.5 Å². The summed E-state index contributed by atoms with van der Waals surface area (Å²) in [5, 5.41) is 8.54. The van der Waals surface area contributed by atoms with Crippen LogP contribution in [-0.2, 0) is 6.54 Å². The second-order valence-electron chi connectivity index (χ2n) is 3.67. The first-order valence-corrected chi connectivity index (χ1v) is 6.28. The van der Waals surface area contributed by atoms with Crippen molar-refractivity contribution < 1.29 is 0 Å². The molecule has 1 rings (SSSR count). The van der Waals surface area contributed by atoms with E-state index in [0.29, 0.717) is 0 Å². The number of aromatic nitrogens is 2. The summed E-state index contributed by atoms with van der Waals surface area (Å²) in [5.41, 5.74) is 1.07. The Hall–Kier alpha value is -0.680. The Balaban J connectivity index is 2.44. The highest BCUT2D eigenvalue weighted by atomic mass is 32.1. The zero-order valence-electron chi connectivity index (χ0n) is 9.79. The van der Waals surface area contributed by atoms with Crippen LogP contribution in [0.25, 0.3) is 0 Å². The van der Waals surface area contributed by atoms with E-state index in [1.165, 1.54) is 24.4 Å². The summed E-state index contributed by atoms with van der Waals surface area (Å²) < 4.78 is 3.98. The summed E-state index contributed by atoms with van der Waals surface area (Å²) in [7, 11) is 2.13. The Bertz CT molecular complexity index is 274. The van der Waals surface area contributed by atoms with Crippen LogP contribution in [0.15, 0.2) is 0 Å². The lowest BCUT2D eigenvalue weighted by Gasteiger charge is -2.14. The number of hydrogen-bond donors (Lipinski definition) is 1. The van der Waals surface area contributed by atoms with Crippen LogP contribution >= 0.6 is 11.5 Å². The molecule has 0 aliphatic rings. The van der Waals surface area contributed by atoms with Crippen LogP contribution in [0.4, 0.5) is 5.00 Å². The van der Waals surface area contributed by atoms with Crippen LogP contribution in [0.3, 0.4) is 0 Å². The lowest BCUT2D eigenvalue weighted by molar-refractivity contribution is 0.317. The van der Waals surface area contributed by atoms with Crippen LogP contribution < -0.4 is 5.32 Å². The molecule has 15 heavy (non-hydrogen) atoms. The number of unbranched alkanes of at least 4 members (excludes halogenated alkanes) is 1. The van der Waals surface area contributed by atoms with Crippen LogP contribution in [0.2, 0.25) is 0 Å². The highest BCUT2D eigenvalue weighted by Gasteiger charge is 2.09. The molecule has 0 radical (unpaired) electrons. The second kappa shape index (κ2) is 6.74. The van der Waals surface area contributed by atoms with Gasteiger partial charge in [0.1, 0.15) is 10.7 Å². The molecular formula is C10H20N4S. The third-order valence-corrected chi connectivity index (χ3v) is 2.93. The van der Waals surface area contributed by atoms with E-state index in [9.17, 15) is 0 Å². The SMILES string of the molecule is CCCCN(C)Cc1nnsc1NCC. The first kappa shape index (κ1) is 12.4. The molecule has 0 amide bonds. The average Bonchev–Trinajstić information content (AvgIpc) is 2.63. The van der Waals surface area contributed by atoms with Gasteiger partial charge in [0, 0.05) is 24.6 Å². The molecule has 0 aliphatic heterocycles. The molecule has 0 bridgehead atoms. The molecule has 5 heteroatoms. The number of hydrogen-bond acceptors (Lipinski definition) is 5. The van der Waals surface area contributed by atoms with E-state index in [4.69, 9.17) is 0 Å². The standard InChI is InChI=1S/C10H20N4S/c1-4-6-7-14(3)8-9-10(11-5-2)15-13-12-9/h11H,4-8H2,1-3H3. The minimum atomic E-state index is 0.888. The van der Waals surface area contributed by atoms with Gasteiger partial charge in [0.25, 0.3) is 0 Å². The Morgan fingerprint density at radius 1 is 1.40 bits per heavy atom. The molecule has 0 aromatic carbocycles.